The normalized spacial score (nSPS) is 14.7. The average molecular weight is 622 g/mol. The van der Waals surface area contributed by atoms with Crippen LogP contribution in [0.25, 0.3) is 0 Å². The van der Waals surface area contributed by atoms with Gasteiger partial charge in [0.2, 0.25) is 11.8 Å². The molecule has 1 aromatic carbocycles. The van der Waals surface area contributed by atoms with Crippen LogP contribution in [0.15, 0.2) is 35.7 Å². The highest BCUT2D eigenvalue weighted by molar-refractivity contribution is 7.10. The first-order valence-electron chi connectivity index (χ1n) is 13.4. The summed E-state index contributed by atoms with van der Waals surface area (Å²) in [6.45, 7) is 3.47. The lowest BCUT2D eigenvalue weighted by molar-refractivity contribution is -0.148. The van der Waals surface area contributed by atoms with Crippen molar-refractivity contribution in [2.75, 3.05) is 32.1 Å². The predicted octanol–water partition coefficient (Wildman–Crippen LogP) is 4.08. The molecule has 0 spiro atoms. The van der Waals surface area contributed by atoms with Crippen LogP contribution in [0.3, 0.4) is 0 Å². The number of hydrogen-bond donors (Lipinski definition) is 1. The van der Waals surface area contributed by atoms with Crippen LogP contribution >= 0.6 is 11.3 Å². The Morgan fingerprint density at radius 3 is 2.40 bits per heavy atom. The van der Waals surface area contributed by atoms with Gasteiger partial charge in [-0.25, -0.2) is 4.98 Å². The largest absolute Gasteiger partial charge is 0.497 e. The number of thiazole rings is 1. The Labute approximate surface area is 249 Å². The topological polar surface area (TPSA) is 133 Å². The Morgan fingerprint density at radius 2 is 1.81 bits per heavy atom. The first-order chi connectivity index (χ1) is 20.4. The van der Waals surface area contributed by atoms with Crippen molar-refractivity contribution in [1.82, 2.24) is 19.7 Å². The number of carbonyl (C=O) groups is 4. The van der Waals surface area contributed by atoms with E-state index < -0.39 is 35.4 Å². The maximum absolute atomic E-state index is 13.1. The molecule has 1 aliphatic rings. The van der Waals surface area contributed by atoms with Crippen LogP contribution in [0.2, 0.25) is 0 Å². The van der Waals surface area contributed by atoms with Crippen LogP contribution in [0.4, 0.5) is 19.0 Å². The summed E-state index contributed by atoms with van der Waals surface area (Å²) in [4.78, 5) is 57.6. The fraction of sp³-hybridized carbons (Fsp3) is 0.429. The second-order valence-corrected chi connectivity index (χ2v) is 10.7. The molecule has 1 fully saturated rings. The molecular weight excluding hydrogens is 591 g/mol. The van der Waals surface area contributed by atoms with Crippen LogP contribution in [0, 0.1) is 12.8 Å². The summed E-state index contributed by atoms with van der Waals surface area (Å²) >= 11 is 1.29. The van der Waals surface area contributed by atoms with Crippen molar-refractivity contribution >= 4 is 40.7 Å². The zero-order valence-electron chi connectivity index (χ0n) is 23.6. The van der Waals surface area contributed by atoms with Crippen LogP contribution in [0.5, 0.6) is 5.75 Å². The van der Waals surface area contributed by atoms with Gasteiger partial charge < -0.3 is 19.7 Å². The van der Waals surface area contributed by atoms with Gasteiger partial charge in [-0.3, -0.25) is 23.9 Å². The number of ketones is 1. The fourth-order valence-corrected chi connectivity index (χ4v) is 5.55. The van der Waals surface area contributed by atoms with E-state index in [1.54, 1.807) is 29.3 Å². The van der Waals surface area contributed by atoms with Crippen LogP contribution in [-0.4, -0.2) is 70.0 Å². The lowest BCUT2D eigenvalue weighted by Crippen LogP contribution is -2.40. The smallest absolute Gasteiger partial charge is 0.435 e. The molecule has 1 aliphatic heterocycles. The Morgan fingerprint density at radius 1 is 1.14 bits per heavy atom. The molecule has 0 radical (unpaired) electrons. The first-order valence-corrected chi connectivity index (χ1v) is 14.3. The summed E-state index contributed by atoms with van der Waals surface area (Å²) in [5.41, 5.74) is -0.663. The Kier molecular flexibility index (Phi) is 9.84. The Hall–Kier alpha value is -4.27. The van der Waals surface area contributed by atoms with Crippen molar-refractivity contribution in [2.45, 2.75) is 45.3 Å². The summed E-state index contributed by atoms with van der Waals surface area (Å²) in [7, 11) is 1.47. The first kappa shape index (κ1) is 31.7. The fourth-order valence-electron chi connectivity index (χ4n) is 4.62. The van der Waals surface area contributed by atoms with Gasteiger partial charge in [0, 0.05) is 35.6 Å². The second kappa shape index (κ2) is 13.4. The summed E-state index contributed by atoms with van der Waals surface area (Å²) in [6, 6.07) is 6.90. The number of carbonyl (C=O) groups excluding carboxylic acids is 4. The minimum absolute atomic E-state index is 0.0172. The molecule has 1 unspecified atom stereocenters. The number of hydrogen-bond acceptors (Lipinski definition) is 9. The molecule has 0 bridgehead atoms. The van der Waals surface area contributed by atoms with E-state index in [0.717, 1.165) is 10.7 Å². The predicted molar refractivity (Wildman–Crippen MR) is 149 cm³/mol. The van der Waals surface area contributed by atoms with Crippen molar-refractivity contribution < 1.29 is 41.8 Å². The number of piperidine rings is 1. The number of alkyl halides is 3. The molecule has 0 saturated carbocycles. The minimum atomic E-state index is -4.59. The number of benzene rings is 1. The number of esters is 1. The van der Waals surface area contributed by atoms with Gasteiger partial charge in [0.15, 0.2) is 17.4 Å². The maximum Gasteiger partial charge on any atom is 0.435 e. The molecule has 2 aromatic heterocycles. The zero-order chi connectivity index (χ0) is 31.3. The summed E-state index contributed by atoms with van der Waals surface area (Å²) in [5, 5.41) is 8.37. The van der Waals surface area contributed by atoms with Gasteiger partial charge in [-0.15, -0.1) is 11.3 Å². The number of nitrogens with zero attached hydrogens (tertiary/aromatic N) is 4. The Bertz CT molecular complexity index is 1480. The van der Waals surface area contributed by atoms with E-state index in [0.29, 0.717) is 36.7 Å². The molecule has 15 heteroatoms. The molecule has 11 nitrogen and oxygen atoms in total. The molecule has 3 aromatic rings. The van der Waals surface area contributed by atoms with E-state index in [9.17, 15) is 32.3 Å². The van der Waals surface area contributed by atoms with Gasteiger partial charge in [0.1, 0.15) is 18.1 Å². The summed E-state index contributed by atoms with van der Waals surface area (Å²) in [5.74, 6) is -4.00. The molecular formula is C28H30F3N5O6S. The molecule has 230 valence electrons. The number of anilines is 1. The van der Waals surface area contributed by atoms with E-state index in [-0.39, 0.29) is 42.1 Å². The number of rotatable bonds is 10. The van der Waals surface area contributed by atoms with E-state index in [4.69, 9.17) is 9.47 Å². The van der Waals surface area contributed by atoms with E-state index >= 15 is 0 Å². The molecule has 4 rings (SSSR count). The standard InChI is InChI=1S/C28H30F3N5O6S/c1-4-42-27(40)23(24(38)17-5-7-19(41-3)8-6-17)25(39)32-21-15-43-26(33-21)18-9-11-35(12-10-18)22(37)14-36-16(2)13-20(34-36)28(29,30)31/h5-8,13,15,18,23H,4,9-12,14H2,1-3H3,(H,32,39). The van der Waals surface area contributed by atoms with Gasteiger partial charge in [-0.2, -0.15) is 18.3 Å². The van der Waals surface area contributed by atoms with Crippen molar-refractivity contribution in [2.24, 2.45) is 5.92 Å². The highest BCUT2D eigenvalue weighted by Crippen LogP contribution is 2.32. The molecule has 3 heterocycles. The number of nitrogens with one attached hydrogen (secondary N) is 1. The molecule has 43 heavy (non-hydrogen) atoms. The maximum atomic E-state index is 13.1. The van der Waals surface area contributed by atoms with Gasteiger partial charge >= 0.3 is 12.1 Å². The third-order valence-corrected chi connectivity index (χ3v) is 7.96. The molecule has 1 saturated heterocycles. The number of aryl methyl sites for hydroxylation is 1. The SMILES string of the molecule is CCOC(=O)C(C(=O)Nc1csc(C2CCN(C(=O)Cn3nc(C(F)(F)F)cc3C)CC2)n1)C(=O)c1ccc(OC)cc1. The molecule has 0 aliphatic carbocycles. The quantitative estimate of drug-likeness (QED) is 0.204. The second-order valence-electron chi connectivity index (χ2n) is 9.82. The van der Waals surface area contributed by atoms with Crippen molar-refractivity contribution in [1.29, 1.82) is 0 Å². The highest BCUT2D eigenvalue weighted by atomic mass is 32.1. The van der Waals surface area contributed by atoms with E-state index in [2.05, 4.69) is 15.4 Å². The van der Waals surface area contributed by atoms with Crippen LogP contribution in [-0.2, 0) is 31.8 Å². The number of likely N-dealkylation sites (tertiary alicyclic amines) is 1. The van der Waals surface area contributed by atoms with Crippen molar-refractivity contribution in [3.05, 3.63) is 57.7 Å². The van der Waals surface area contributed by atoms with Crippen molar-refractivity contribution in [3.63, 3.8) is 0 Å². The minimum Gasteiger partial charge on any atom is -0.497 e. The lowest BCUT2D eigenvalue weighted by Gasteiger charge is -2.31. The van der Waals surface area contributed by atoms with Gasteiger partial charge in [-0.1, -0.05) is 0 Å². The number of methoxy groups -OCH3 is 1. The number of aromatic nitrogens is 3. The number of Topliss-reactive ketones (excluding diaryl/α,β-unsaturated/α-hetero) is 1. The van der Waals surface area contributed by atoms with Crippen LogP contribution < -0.4 is 10.1 Å². The zero-order valence-corrected chi connectivity index (χ0v) is 24.5. The van der Waals surface area contributed by atoms with Gasteiger partial charge in [0.25, 0.3) is 0 Å². The molecule has 1 N–H and O–H groups in total. The van der Waals surface area contributed by atoms with E-state index in [1.165, 1.54) is 37.5 Å². The summed E-state index contributed by atoms with van der Waals surface area (Å²) in [6.07, 6.45) is -3.48. The monoisotopic (exact) mass is 621 g/mol. The average Bonchev–Trinajstić information content (AvgIpc) is 3.59. The van der Waals surface area contributed by atoms with Gasteiger partial charge in [0.05, 0.1) is 18.7 Å². The third kappa shape index (κ3) is 7.58. The highest BCUT2D eigenvalue weighted by Gasteiger charge is 2.37. The summed E-state index contributed by atoms with van der Waals surface area (Å²) < 4.78 is 50.0. The van der Waals surface area contributed by atoms with Crippen molar-refractivity contribution in [3.8, 4) is 5.75 Å². The lowest BCUT2D eigenvalue weighted by atomic mass is 9.96. The van der Waals surface area contributed by atoms with Crippen LogP contribution in [0.1, 0.15) is 52.4 Å². The number of amides is 2. The van der Waals surface area contributed by atoms with Gasteiger partial charge in [-0.05, 0) is 57.0 Å². The molecule has 1 atom stereocenters. The molecule has 2 amide bonds. The van der Waals surface area contributed by atoms with E-state index in [1.807, 2.05) is 0 Å². The number of halogens is 3. The Balaban J connectivity index is 1.36. The number of ether oxygens (including phenoxy) is 2. The third-order valence-electron chi connectivity index (χ3n) is 6.95.